The number of nitrogens with one attached hydrogen (secondary N) is 1. The van der Waals surface area contributed by atoms with Crippen LogP contribution in [0.15, 0.2) is 42.9 Å². The molecular formula is C15H19N3O. The van der Waals surface area contributed by atoms with Gasteiger partial charge in [0.1, 0.15) is 5.75 Å². The van der Waals surface area contributed by atoms with Crippen molar-refractivity contribution in [2.75, 3.05) is 6.54 Å². The maximum Gasteiger partial charge on any atom is 0.115 e. The van der Waals surface area contributed by atoms with E-state index in [1.54, 1.807) is 30.7 Å². The minimum absolute atomic E-state index is 0.151. The lowest BCUT2D eigenvalue weighted by molar-refractivity contribution is 0.474. The van der Waals surface area contributed by atoms with Gasteiger partial charge in [0.05, 0.1) is 11.7 Å². The molecule has 2 rings (SSSR count). The summed E-state index contributed by atoms with van der Waals surface area (Å²) in [5, 5.41) is 12.8. The number of phenolic OH excluding ortho intramolecular Hbond substituents is 1. The van der Waals surface area contributed by atoms with Gasteiger partial charge in [-0.25, -0.2) is 0 Å². The van der Waals surface area contributed by atoms with Gasteiger partial charge in [0.25, 0.3) is 0 Å². The molecule has 1 aromatic heterocycles. The molecule has 1 aromatic carbocycles. The van der Waals surface area contributed by atoms with Crippen molar-refractivity contribution in [3.8, 4) is 5.75 Å². The molecule has 1 atom stereocenters. The fourth-order valence-corrected chi connectivity index (χ4v) is 1.96. The Labute approximate surface area is 113 Å². The highest BCUT2D eigenvalue weighted by Gasteiger charge is 2.12. The molecule has 0 amide bonds. The van der Waals surface area contributed by atoms with E-state index in [4.69, 9.17) is 0 Å². The Balaban J connectivity index is 2.11. The zero-order valence-electron chi connectivity index (χ0n) is 11.1. The summed E-state index contributed by atoms with van der Waals surface area (Å²) in [4.78, 5) is 8.50. The van der Waals surface area contributed by atoms with Crippen LogP contribution in [-0.4, -0.2) is 21.6 Å². The number of aromatic hydroxyl groups is 1. The van der Waals surface area contributed by atoms with E-state index in [0.717, 1.165) is 30.6 Å². The van der Waals surface area contributed by atoms with Gasteiger partial charge in [-0.3, -0.25) is 9.97 Å². The largest absolute Gasteiger partial charge is 0.508 e. The maximum atomic E-state index is 9.31. The lowest BCUT2D eigenvalue weighted by Gasteiger charge is -2.17. The molecule has 0 aliphatic carbocycles. The van der Waals surface area contributed by atoms with Crippen molar-refractivity contribution in [1.29, 1.82) is 0 Å². The van der Waals surface area contributed by atoms with Crippen molar-refractivity contribution in [1.82, 2.24) is 15.3 Å². The zero-order valence-corrected chi connectivity index (χ0v) is 11.1. The molecule has 4 nitrogen and oxygen atoms in total. The van der Waals surface area contributed by atoms with E-state index in [0.29, 0.717) is 5.75 Å². The predicted octanol–water partition coefficient (Wildman–Crippen LogP) is 2.47. The van der Waals surface area contributed by atoms with Gasteiger partial charge in [0.2, 0.25) is 0 Å². The third-order valence-electron chi connectivity index (χ3n) is 2.96. The molecule has 0 saturated heterocycles. The monoisotopic (exact) mass is 257 g/mol. The first-order valence-electron chi connectivity index (χ1n) is 6.56. The molecule has 2 N–H and O–H groups in total. The summed E-state index contributed by atoms with van der Waals surface area (Å²) in [5.74, 6) is 0.293. The highest BCUT2D eigenvalue weighted by Crippen LogP contribution is 2.18. The average molecular weight is 257 g/mol. The maximum absolute atomic E-state index is 9.31. The summed E-state index contributed by atoms with van der Waals surface area (Å²) >= 11 is 0. The fourth-order valence-electron chi connectivity index (χ4n) is 1.96. The lowest BCUT2D eigenvalue weighted by Crippen LogP contribution is -2.25. The summed E-state index contributed by atoms with van der Waals surface area (Å²) in [6.45, 7) is 3.08. The molecule has 4 heteroatoms. The molecule has 1 heterocycles. The highest BCUT2D eigenvalue weighted by atomic mass is 16.3. The predicted molar refractivity (Wildman–Crippen MR) is 74.9 cm³/mol. The van der Waals surface area contributed by atoms with E-state index in [1.165, 1.54) is 0 Å². The molecule has 0 saturated carbocycles. The fraction of sp³-hybridized carbons (Fsp3) is 0.333. The molecule has 0 aliphatic heterocycles. The standard InChI is InChI=1S/C15H19N3O/c1-2-7-17-14(15-11-16-8-9-18-15)10-12-3-5-13(19)6-4-12/h3-6,8-9,11,14,17,19H,2,7,10H2,1H3. The summed E-state index contributed by atoms with van der Waals surface area (Å²) in [6.07, 6.45) is 7.10. The smallest absolute Gasteiger partial charge is 0.115 e. The first-order valence-corrected chi connectivity index (χ1v) is 6.56. The van der Waals surface area contributed by atoms with Crippen LogP contribution in [0.2, 0.25) is 0 Å². The van der Waals surface area contributed by atoms with E-state index in [-0.39, 0.29) is 6.04 Å². The van der Waals surface area contributed by atoms with Crippen LogP contribution in [0.5, 0.6) is 5.75 Å². The normalized spacial score (nSPS) is 12.3. The average Bonchev–Trinajstić information content (AvgIpc) is 2.46. The third kappa shape index (κ3) is 4.03. The van der Waals surface area contributed by atoms with Crippen molar-refractivity contribution in [3.05, 3.63) is 54.1 Å². The van der Waals surface area contributed by atoms with Crippen molar-refractivity contribution in [2.45, 2.75) is 25.8 Å². The summed E-state index contributed by atoms with van der Waals surface area (Å²) in [6, 6.07) is 7.45. The van der Waals surface area contributed by atoms with Gasteiger partial charge in [0, 0.05) is 18.6 Å². The van der Waals surface area contributed by atoms with E-state index < -0.39 is 0 Å². The molecule has 1 unspecified atom stereocenters. The number of hydrogen-bond donors (Lipinski definition) is 2. The van der Waals surface area contributed by atoms with Gasteiger partial charge in [-0.15, -0.1) is 0 Å². The van der Waals surface area contributed by atoms with Gasteiger partial charge >= 0.3 is 0 Å². The number of rotatable bonds is 6. The molecule has 0 fully saturated rings. The molecule has 100 valence electrons. The second kappa shape index (κ2) is 6.85. The molecule has 0 radical (unpaired) electrons. The van der Waals surface area contributed by atoms with Crippen molar-refractivity contribution >= 4 is 0 Å². The van der Waals surface area contributed by atoms with Crippen LogP contribution in [-0.2, 0) is 6.42 Å². The molecule has 0 spiro atoms. The second-order valence-electron chi connectivity index (χ2n) is 4.51. The van der Waals surface area contributed by atoms with Gasteiger partial charge in [-0.2, -0.15) is 0 Å². The van der Waals surface area contributed by atoms with Gasteiger partial charge in [0.15, 0.2) is 0 Å². The summed E-state index contributed by atoms with van der Waals surface area (Å²) in [5.41, 5.74) is 2.11. The quantitative estimate of drug-likeness (QED) is 0.834. The van der Waals surface area contributed by atoms with Crippen LogP contribution in [0.3, 0.4) is 0 Å². The van der Waals surface area contributed by atoms with Crippen molar-refractivity contribution < 1.29 is 5.11 Å². The Morgan fingerprint density at radius 2 is 2.00 bits per heavy atom. The molecule has 19 heavy (non-hydrogen) atoms. The van der Waals surface area contributed by atoms with Crippen molar-refractivity contribution in [2.24, 2.45) is 0 Å². The Morgan fingerprint density at radius 1 is 1.21 bits per heavy atom. The van der Waals surface area contributed by atoms with Crippen molar-refractivity contribution in [3.63, 3.8) is 0 Å². The van der Waals surface area contributed by atoms with E-state index in [2.05, 4.69) is 22.2 Å². The van der Waals surface area contributed by atoms with Crippen LogP contribution in [0.4, 0.5) is 0 Å². The van der Waals surface area contributed by atoms with E-state index >= 15 is 0 Å². The van der Waals surface area contributed by atoms with Crippen LogP contribution in [0.25, 0.3) is 0 Å². The van der Waals surface area contributed by atoms with Crippen LogP contribution < -0.4 is 5.32 Å². The Morgan fingerprint density at radius 3 is 2.63 bits per heavy atom. The van der Waals surface area contributed by atoms with Crippen LogP contribution in [0, 0.1) is 0 Å². The molecule has 0 bridgehead atoms. The third-order valence-corrected chi connectivity index (χ3v) is 2.96. The topological polar surface area (TPSA) is 58.0 Å². The lowest BCUT2D eigenvalue weighted by atomic mass is 10.0. The summed E-state index contributed by atoms with van der Waals surface area (Å²) in [7, 11) is 0. The SMILES string of the molecule is CCCNC(Cc1ccc(O)cc1)c1cnccn1. The van der Waals surface area contributed by atoms with Gasteiger partial charge in [-0.05, 0) is 37.1 Å². The summed E-state index contributed by atoms with van der Waals surface area (Å²) < 4.78 is 0. The Hall–Kier alpha value is -1.94. The highest BCUT2D eigenvalue weighted by molar-refractivity contribution is 5.27. The van der Waals surface area contributed by atoms with Gasteiger partial charge in [-0.1, -0.05) is 19.1 Å². The molecule has 0 aliphatic rings. The first-order chi connectivity index (χ1) is 9.29. The van der Waals surface area contributed by atoms with Crippen LogP contribution in [0.1, 0.15) is 30.6 Å². The zero-order chi connectivity index (χ0) is 13.5. The number of benzene rings is 1. The molecular weight excluding hydrogens is 238 g/mol. The Kier molecular flexibility index (Phi) is 4.86. The minimum atomic E-state index is 0.151. The number of nitrogens with zero attached hydrogens (tertiary/aromatic N) is 2. The van der Waals surface area contributed by atoms with E-state index in [9.17, 15) is 5.11 Å². The van der Waals surface area contributed by atoms with Crippen LogP contribution >= 0.6 is 0 Å². The number of hydrogen-bond acceptors (Lipinski definition) is 4. The minimum Gasteiger partial charge on any atom is -0.508 e. The number of phenols is 1. The Bertz CT molecular complexity index is 485. The first kappa shape index (κ1) is 13.5. The van der Waals surface area contributed by atoms with E-state index in [1.807, 2.05) is 12.1 Å². The van der Waals surface area contributed by atoms with Gasteiger partial charge < -0.3 is 10.4 Å². The molecule has 2 aromatic rings. The number of aromatic nitrogens is 2. The second-order valence-corrected chi connectivity index (χ2v) is 4.51.